The molecule has 0 saturated heterocycles. The molecule has 0 aromatic carbocycles. The lowest BCUT2D eigenvalue weighted by Crippen LogP contribution is -2.08. The van der Waals surface area contributed by atoms with Crippen molar-refractivity contribution in [2.24, 2.45) is 11.8 Å². The average molecular weight is 447 g/mol. The van der Waals surface area contributed by atoms with E-state index in [9.17, 15) is 0 Å². The van der Waals surface area contributed by atoms with E-state index in [2.05, 4.69) is 0 Å². The third-order valence-electron chi connectivity index (χ3n) is 8.93. The highest BCUT2D eigenvalue weighted by molar-refractivity contribution is 4.68. The van der Waals surface area contributed by atoms with E-state index in [0.29, 0.717) is 0 Å². The fourth-order valence-electron chi connectivity index (χ4n) is 6.61. The molecule has 0 aromatic heterocycles. The Morgan fingerprint density at radius 3 is 0.500 bits per heavy atom. The lowest BCUT2D eigenvalue weighted by Gasteiger charge is -2.22. The van der Waals surface area contributed by atoms with Crippen LogP contribution in [-0.4, -0.2) is 0 Å². The van der Waals surface area contributed by atoms with Gasteiger partial charge in [-0.2, -0.15) is 0 Å². The minimum Gasteiger partial charge on any atom is -0.0533 e. The van der Waals surface area contributed by atoms with Gasteiger partial charge in [0, 0.05) is 0 Å². The molecule has 0 unspecified atom stereocenters. The number of hydrogen-bond acceptors (Lipinski definition) is 0. The van der Waals surface area contributed by atoms with E-state index >= 15 is 0 Å². The van der Waals surface area contributed by atoms with Gasteiger partial charge in [-0.3, -0.25) is 0 Å². The summed E-state index contributed by atoms with van der Waals surface area (Å²) in [6, 6.07) is 0. The quantitative estimate of drug-likeness (QED) is 0.347. The molecule has 0 aliphatic heterocycles. The van der Waals surface area contributed by atoms with Crippen molar-refractivity contribution in [3.8, 4) is 0 Å². The van der Waals surface area contributed by atoms with Gasteiger partial charge < -0.3 is 0 Å². The number of rotatable bonds is 0. The molecular weight excluding hydrogens is 384 g/mol. The minimum atomic E-state index is 1.05. The number of fused-ring (bicyclic) bond motifs is 3. The van der Waals surface area contributed by atoms with Crippen LogP contribution >= 0.6 is 0 Å². The van der Waals surface area contributed by atoms with E-state index in [1.807, 2.05) is 0 Å². The zero-order valence-electron chi connectivity index (χ0n) is 22.4. The van der Waals surface area contributed by atoms with Crippen LogP contribution in [0, 0.1) is 11.8 Å². The van der Waals surface area contributed by atoms with Gasteiger partial charge in [0.25, 0.3) is 0 Å². The third kappa shape index (κ3) is 16.6. The third-order valence-corrected chi connectivity index (χ3v) is 8.93. The summed E-state index contributed by atoms with van der Waals surface area (Å²) in [6.07, 6.45) is 45.6. The van der Waals surface area contributed by atoms with Crippen molar-refractivity contribution in [1.82, 2.24) is 0 Å². The standard InChI is InChI=1S/C32H62/c1-2-6-10-14-18-22-26-32-28-24-20-16-12-8-4-3-7-11-15-19-23-27-31(29-30-32)25-21-17-13-9-5-1/h31-32H,1-30H2. The summed E-state index contributed by atoms with van der Waals surface area (Å²) in [5.74, 6) is 2.10. The lowest BCUT2D eigenvalue weighted by atomic mass is 9.84. The van der Waals surface area contributed by atoms with Gasteiger partial charge in [-0.1, -0.05) is 193 Å². The van der Waals surface area contributed by atoms with E-state index in [1.165, 1.54) is 154 Å². The Morgan fingerprint density at radius 1 is 0.156 bits per heavy atom. The summed E-state index contributed by atoms with van der Waals surface area (Å²) in [5, 5.41) is 0. The van der Waals surface area contributed by atoms with E-state index in [4.69, 9.17) is 0 Å². The molecule has 2 aliphatic carbocycles. The van der Waals surface area contributed by atoms with E-state index in [1.54, 1.807) is 38.5 Å². The van der Waals surface area contributed by atoms with Crippen molar-refractivity contribution in [2.75, 3.05) is 0 Å². The first-order chi connectivity index (χ1) is 15.9. The van der Waals surface area contributed by atoms with E-state index < -0.39 is 0 Å². The van der Waals surface area contributed by atoms with Gasteiger partial charge in [-0.15, -0.1) is 0 Å². The highest BCUT2D eigenvalue weighted by atomic mass is 14.2. The van der Waals surface area contributed by atoms with Gasteiger partial charge in [-0.05, 0) is 11.8 Å². The molecule has 32 heavy (non-hydrogen) atoms. The first-order valence-corrected chi connectivity index (χ1v) is 15.9. The molecule has 2 saturated carbocycles. The van der Waals surface area contributed by atoms with Crippen molar-refractivity contribution in [3.05, 3.63) is 0 Å². The Hall–Kier alpha value is 0. The summed E-state index contributed by atoms with van der Waals surface area (Å²) in [6.45, 7) is 0. The smallest absolute Gasteiger partial charge is 0.0414 e. The Balaban J connectivity index is 1.84. The molecule has 0 amide bonds. The highest BCUT2D eigenvalue weighted by Gasteiger charge is 2.14. The summed E-state index contributed by atoms with van der Waals surface area (Å²) in [7, 11) is 0. The fraction of sp³-hybridized carbons (Fsp3) is 1.00. The van der Waals surface area contributed by atoms with Gasteiger partial charge in [0.05, 0.1) is 0 Å². The Labute approximate surface area is 204 Å². The van der Waals surface area contributed by atoms with Gasteiger partial charge in [-0.25, -0.2) is 0 Å². The molecule has 2 rings (SSSR count). The summed E-state index contributed by atoms with van der Waals surface area (Å²) < 4.78 is 0. The van der Waals surface area contributed by atoms with Crippen molar-refractivity contribution in [1.29, 1.82) is 0 Å². The monoisotopic (exact) mass is 446 g/mol. The molecule has 2 bridgehead atoms. The normalized spacial score (nSPS) is 29.2. The maximum absolute atomic E-state index is 1.56. The second kappa shape index (κ2) is 21.5. The molecule has 0 heteroatoms. The Bertz CT molecular complexity index is 304. The van der Waals surface area contributed by atoms with Gasteiger partial charge >= 0.3 is 0 Å². The molecule has 0 heterocycles. The van der Waals surface area contributed by atoms with Crippen molar-refractivity contribution < 1.29 is 0 Å². The van der Waals surface area contributed by atoms with Crippen LogP contribution in [0.25, 0.3) is 0 Å². The highest BCUT2D eigenvalue weighted by Crippen LogP contribution is 2.30. The van der Waals surface area contributed by atoms with Gasteiger partial charge in [0.15, 0.2) is 0 Å². The van der Waals surface area contributed by atoms with Crippen molar-refractivity contribution in [3.63, 3.8) is 0 Å². The summed E-state index contributed by atoms with van der Waals surface area (Å²) in [5.41, 5.74) is 0. The fourth-order valence-corrected chi connectivity index (χ4v) is 6.61. The van der Waals surface area contributed by atoms with E-state index in [0.717, 1.165) is 11.8 Å². The predicted octanol–water partition coefficient (Wildman–Crippen LogP) is 11.9. The largest absolute Gasteiger partial charge is 0.0533 e. The minimum absolute atomic E-state index is 1.05. The maximum atomic E-state index is 1.56. The predicted molar refractivity (Wildman–Crippen MR) is 145 cm³/mol. The van der Waals surface area contributed by atoms with Crippen LogP contribution in [-0.2, 0) is 0 Å². The molecule has 2 aliphatic rings. The molecular formula is C32H62. The van der Waals surface area contributed by atoms with Crippen LogP contribution in [0.5, 0.6) is 0 Å². The molecule has 0 aromatic rings. The van der Waals surface area contributed by atoms with Gasteiger partial charge in [0.2, 0.25) is 0 Å². The Kier molecular flexibility index (Phi) is 19.0. The van der Waals surface area contributed by atoms with Gasteiger partial charge in [0.1, 0.15) is 0 Å². The van der Waals surface area contributed by atoms with Crippen molar-refractivity contribution in [2.45, 2.75) is 193 Å². The van der Waals surface area contributed by atoms with Crippen LogP contribution in [0.2, 0.25) is 0 Å². The lowest BCUT2D eigenvalue weighted by molar-refractivity contribution is 0.308. The number of hydrogen-bond donors (Lipinski definition) is 0. The molecule has 2 fully saturated rings. The molecule has 0 spiro atoms. The first kappa shape index (κ1) is 28.2. The second-order valence-electron chi connectivity index (χ2n) is 11.9. The second-order valence-corrected chi connectivity index (χ2v) is 11.9. The first-order valence-electron chi connectivity index (χ1n) is 15.9. The van der Waals surface area contributed by atoms with Crippen LogP contribution in [0.15, 0.2) is 0 Å². The SMILES string of the molecule is C1CCCCCCCC2CCCCCCCCCCCCCCC(CCCCCC1)CC2. The van der Waals surface area contributed by atoms with E-state index in [-0.39, 0.29) is 0 Å². The zero-order valence-corrected chi connectivity index (χ0v) is 22.4. The van der Waals surface area contributed by atoms with Crippen LogP contribution in [0.3, 0.4) is 0 Å². The summed E-state index contributed by atoms with van der Waals surface area (Å²) in [4.78, 5) is 0. The average Bonchev–Trinajstić information content (AvgIpc) is 2.80. The molecule has 190 valence electrons. The van der Waals surface area contributed by atoms with Crippen LogP contribution in [0.4, 0.5) is 0 Å². The zero-order chi connectivity index (χ0) is 22.4. The molecule has 0 nitrogen and oxygen atoms in total. The van der Waals surface area contributed by atoms with Crippen molar-refractivity contribution >= 4 is 0 Å². The maximum Gasteiger partial charge on any atom is -0.0414 e. The topological polar surface area (TPSA) is 0 Å². The molecule has 0 N–H and O–H groups in total. The Morgan fingerprint density at radius 2 is 0.312 bits per heavy atom. The molecule has 0 atom stereocenters. The molecule has 0 radical (unpaired) electrons. The summed E-state index contributed by atoms with van der Waals surface area (Å²) >= 11 is 0. The van der Waals surface area contributed by atoms with Crippen LogP contribution < -0.4 is 0 Å². The van der Waals surface area contributed by atoms with Crippen LogP contribution in [0.1, 0.15) is 193 Å².